The Labute approximate surface area is 150 Å². The van der Waals surface area contributed by atoms with Gasteiger partial charge >= 0.3 is 13.1 Å². The highest BCUT2D eigenvalue weighted by molar-refractivity contribution is 6.55. The fraction of sp³-hybridized carbons (Fsp3) is 0.556. The van der Waals surface area contributed by atoms with Crippen LogP contribution in [0.1, 0.15) is 50.5 Å². The van der Waals surface area contributed by atoms with Crippen LogP contribution >= 0.6 is 0 Å². The SMILES string of the molecule is CCOC(=O)c1cncc(C=C(CNC)B2OC(C)(C)C(C)(C)O2)c1. The first-order valence-corrected chi connectivity index (χ1v) is 8.53. The fourth-order valence-corrected chi connectivity index (χ4v) is 2.48. The third kappa shape index (κ3) is 4.48. The van der Waals surface area contributed by atoms with Gasteiger partial charge in [-0.05, 0) is 58.8 Å². The topological polar surface area (TPSA) is 69.7 Å². The maximum atomic E-state index is 11.9. The molecular weight excluding hydrogens is 319 g/mol. The third-order valence-corrected chi connectivity index (χ3v) is 4.56. The lowest BCUT2D eigenvalue weighted by molar-refractivity contribution is 0.00578. The van der Waals surface area contributed by atoms with Gasteiger partial charge < -0.3 is 19.4 Å². The van der Waals surface area contributed by atoms with Gasteiger partial charge in [0.25, 0.3) is 0 Å². The summed E-state index contributed by atoms with van der Waals surface area (Å²) in [7, 11) is 1.41. The number of nitrogens with one attached hydrogen (secondary N) is 1. The van der Waals surface area contributed by atoms with Crippen LogP contribution in [0.2, 0.25) is 0 Å². The zero-order chi connectivity index (χ0) is 18.7. The van der Waals surface area contributed by atoms with E-state index in [2.05, 4.69) is 10.3 Å². The van der Waals surface area contributed by atoms with Crippen LogP contribution in [-0.2, 0) is 14.0 Å². The fourth-order valence-electron chi connectivity index (χ4n) is 2.48. The molecule has 1 N–H and O–H groups in total. The number of rotatable bonds is 6. The third-order valence-electron chi connectivity index (χ3n) is 4.56. The Hall–Kier alpha value is -1.70. The van der Waals surface area contributed by atoms with Gasteiger partial charge in [0.05, 0.1) is 23.4 Å². The second kappa shape index (κ2) is 7.68. The first-order valence-electron chi connectivity index (χ1n) is 8.53. The van der Waals surface area contributed by atoms with Gasteiger partial charge in [-0.25, -0.2) is 4.79 Å². The number of hydrogen-bond acceptors (Lipinski definition) is 6. The molecule has 1 saturated heterocycles. The van der Waals surface area contributed by atoms with Crippen LogP contribution in [0, 0.1) is 0 Å². The van der Waals surface area contributed by atoms with Crippen molar-refractivity contribution in [2.45, 2.75) is 45.8 Å². The molecule has 1 aliphatic heterocycles. The lowest BCUT2D eigenvalue weighted by atomic mass is 9.77. The van der Waals surface area contributed by atoms with Crippen LogP contribution in [0.25, 0.3) is 6.08 Å². The number of carbonyl (C=O) groups excluding carboxylic acids is 1. The van der Waals surface area contributed by atoms with Crippen molar-refractivity contribution < 1.29 is 18.8 Å². The number of aromatic nitrogens is 1. The Bertz CT molecular complexity index is 642. The molecule has 1 aliphatic rings. The number of nitrogens with zero attached hydrogens (tertiary/aromatic N) is 1. The van der Waals surface area contributed by atoms with Crippen LogP contribution in [0.15, 0.2) is 23.9 Å². The van der Waals surface area contributed by atoms with E-state index in [1.54, 1.807) is 19.2 Å². The molecule has 0 aliphatic carbocycles. The van der Waals surface area contributed by atoms with Crippen LogP contribution in [0.3, 0.4) is 0 Å². The van der Waals surface area contributed by atoms with Crippen LogP contribution < -0.4 is 5.32 Å². The van der Waals surface area contributed by atoms with Crippen molar-refractivity contribution in [2.24, 2.45) is 0 Å². The lowest BCUT2D eigenvalue weighted by Gasteiger charge is -2.32. The molecule has 0 unspecified atom stereocenters. The molecule has 0 atom stereocenters. The monoisotopic (exact) mass is 346 g/mol. The van der Waals surface area contributed by atoms with Gasteiger partial charge in [-0.1, -0.05) is 6.08 Å². The van der Waals surface area contributed by atoms with Gasteiger partial charge in [0, 0.05) is 18.9 Å². The predicted octanol–water partition coefficient (Wildman–Crippen LogP) is 2.49. The van der Waals surface area contributed by atoms with Gasteiger partial charge in [-0.2, -0.15) is 0 Å². The molecule has 25 heavy (non-hydrogen) atoms. The van der Waals surface area contributed by atoms with E-state index >= 15 is 0 Å². The van der Waals surface area contributed by atoms with Crippen LogP contribution in [0.5, 0.6) is 0 Å². The molecule has 7 heteroatoms. The van der Waals surface area contributed by atoms with Gasteiger partial charge in [0.15, 0.2) is 0 Å². The summed E-state index contributed by atoms with van der Waals surface area (Å²) in [5, 5.41) is 3.14. The molecule has 1 aromatic rings. The van der Waals surface area contributed by atoms with Gasteiger partial charge in [0.1, 0.15) is 0 Å². The Kier molecular flexibility index (Phi) is 6.03. The second-order valence-corrected chi connectivity index (χ2v) is 7.07. The van der Waals surface area contributed by atoms with Crippen LogP contribution in [0.4, 0.5) is 0 Å². The highest BCUT2D eigenvalue weighted by atomic mass is 16.7. The molecule has 0 amide bonds. The molecule has 0 bridgehead atoms. The molecule has 0 aromatic carbocycles. The summed E-state index contributed by atoms with van der Waals surface area (Å²) in [4.78, 5) is 16.0. The van der Waals surface area contributed by atoms with Crippen molar-refractivity contribution in [3.63, 3.8) is 0 Å². The van der Waals surface area contributed by atoms with Crippen molar-refractivity contribution in [3.8, 4) is 0 Å². The molecule has 6 nitrogen and oxygen atoms in total. The Morgan fingerprint density at radius 3 is 2.48 bits per heavy atom. The van der Waals surface area contributed by atoms with Gasteiger partial charge in [-0.15, -0.1) is 0 Å². The Balaban J connectivity index is 2.29. The molecule has 1 aromatic heterocycles. The van der Waals surface area contributed by atoms with Crippen molar-refractivity contribution >= 4 is 19.2 Å². The van der Waals surface area contributed by atoms with E-state index in [0.717, 1.165) is 11.0 Å². The molecule has 136 valence electrons. The van der Waals surface area contributed by atoms with E-state index in [4.69, 9.17) is 14.0 Å². The molecular formula is C18H27BN2O4. The van der Waals surface area contributed by atoms with Crippen molar-refractivity contribution in [1.82, 2.24) is 10.3 Å². The van der Waals surface area contributed by atoms with E-state index in [1.165, 1.54) is 6.20 Å². The number of hydrogen-bond donors (Lipinski definition) is 1. The van der Waals surface area contributed by atoms with E-state index < -0.39 is 18.3 Å². The minimum atomic E-state index is -0.455. The van der Waals surface area contributed by atoms with E-state index in [-0.39, 0.29) is 5.97 Å². The van der Waals surface area contributed by atoms with Gasteiger partial charge in [-0.3, -0.25) is 4.98 Å². The summed E-state index contributed by atoms with van der Waals surface area (Å²) in [6.45, 7) is 10.8. The number of ether oxygens (including phenoxy) is 1. The lowest BCUT2D eigenvalue weighted by Crippen LogP contribution is -2.41. The number of likely N-dealkylation sites (N-methyl/N-ethyl adjacent to an activating group) is 1. The van der Waals surface area contributed by atoms with E-state index in [1.807, 2.05) is 40.8 Å². The first-order chi connectivity index (χ1) is 11.7. The van der Waals surface area contributed by atoms with Crippen LogP contribution in [-0.4, -0.2) is 49.5 Å². The zero-order valence-electron chi connectivity index (χ0n) is 15.9. The summed E-state index contributed by atoms with van der Waals surface area (Å²) in [5.41, 5.74) is 1.34. The zero-order valence-corrected chi connectivity index (χ0v) is 15.9. The van der Waals surface area contributed by atoms with E-state index in [0.29, 0.717) is 18.7 Å². The highest BCUT2D eigenvalue weighted by Gasteiger charge is 2.52. The summed E-state index contributed by atoms with van der Waals surface area (Å²) in [5.74, 6) is -0.379. The standard InChI is InChI=1S/C18H27BN2O4/c1-7-23-16(22)14-8-13(10-21-11-14)9-15(12-20-6)19-24-17(2,3)18(4,5)25-19/h8-11,20H,7,12H2,1-6H3. The summed E-state index contributed by atoms with van der Waals surface area (Å²) in [6, 6.07) is 1.76. The van der Waals surface area contributed by atoms with Crippen molar-refractivity contribution in [3.05, 3.63) is 35.1 Å². The minimum Gasteiger partial charge on any atom is -0.462 e. The number of carbonyl (C=O) groups is 1. The Morgan fingerprint density at radius 1 is 1.28 bits per heavy atom. The molecule has 1 fully saturated rings. The smallest absolute Gasteiger partial charge is 0.462 e. The second-order valence-electron chi connectivity index (χ2n) is 7.07. The van der Waals surface area contributed by atoms with Crippen molar-refractivity contribution in [2.75, 3.05) is 20.2 Å². The number of pyridine rings is 1. The first kappa shape index (κ1) is 19.6. The molecule has 0 radical (unpaired) electrons. The van der Waals surface area contributed by atoms with Crippen molar-refractivity contribution in [1.29, 1.82) is 0 Å². The molecule has 0 saturated carbocycles. The average molecular weight is 346 g/mol. The summed E-state index contributed by atoms with van der Waals surface area (Å²) < 4.78 is 17.3. The normalized spacial score (nSPS) is 19.1. The van der Waals surface area contributed by atoms with E-state index in [9.17, 15) is 4.79 Å². The molecule has 0 spiro atoms. The predicted molar refractivity (Wildman–Crippen MR) is 98.2 cm³/mol. The van der Waals surface area contributed by atoms with Gasteiger partial charge in [0.2, 0.25) is 0 Å². The summed E-state index contributed by atoms with van der Waals surface area (Å²) >= 11 is 0. The molecule has 2 rings (SSSR count). The summed E-state index contributed by atoms with van der Waals surface area (Å²) in [6.07, 6.45) is 5.14. The Morgan fingerprint density at radius 2 is 1.92 bits per heavy atom. The minimum absolute atomic E-state index is 0.331. The largest absolute Gasteiger partial charge is 0.491 e. The maximum Gasteiger partial charge on any atom is 0.491 e. The quantitative estimate of drug-likeness (QED) is 0.630. The molecule has 2 heterocycles. The number of esters is 1. The highest BCUT2D eigenvalue weighted by Crippen LogP contribution is 2.38. The average Bonchev–Trinajstić information content (AvgIpc) is 2.75. The maximum absolute atomic E-state index is 11.9.